The van der Waals surface area contributed by atoms with Gasteiger partial charge >= 0.3 is 0 Å². The maximum Gasteiger partial charge on any atom is -0.0201 e. The first-order chi connectivity index (χ1) is 6.60. The van der Waals surface area contributed by atoms with Crippen molar-refractivity contribution in [2.24, 2.45) is 0 Å². The molecule has 0 spiro atoms. The summed E-state index contributed by atoms with van der Waals surface area (Å²) in [6.45, 7) is 12.7. The van der Waals surface area contributed by atoms with Crippen LogP contribution in [0, 0.1) is 6.92 Å². The van der Waals surface area contributed by atoms with Crippen molar-refractivity contribution in [3.8, 4) is 0 Å². The van der Waals surface area contributed by atoms with Crippen LogP contribution in [0.25, 0.3) is 5.57 Å². The van der Waals surface area contributed by atoms with E-state index in [0.717, 1.165) is 12.8 Å². The fourth-order valence-corrected chi connectivity index (χ4v) is 1.93. The zero-order valence-corrected chi connectivity index (χ0v) is 9.78. The third-order valence-corrected chi connectivity index (χ3v) is 2.77. The lowest BCUT2D eigenvalue weighted by molar-refractivity contribution is 1.03. The first kappa shape index (κ1) is 11.0. The molecule has 0 aliphatic rings. The Labute approximate surface area is 87.7 Å². The van der Waals surface area contributed by atoms with E-state index in [0.29, 0.717) is 0 Å². The molecule has 0 unspecified atom stereocenters. The molecule has 0 aliphatic carbocycles. The predicted molar refractivity (Wildman–Crippen MR) is 64.6 cm³/mol. The van der Waals surface area contributed by atoms with Crippen LogP contribution in [-0.4, -0.2) is 0 Å². The molecule has 76 valence electrons. The number of benzene rings is 1. The summed E-state index contributed by atoms with van der Waals surface area (Å²) in [4.78, 5) is 0. The molecule has 0 amide bonds. The molecule has 0 aromatic heterocycles. The molecule has 0 nitrogen and oxygen atoms in total. The summed E-state index contributed by atoms with van der Waals surface area (Å²) in [6.07, 6.45) is 2.24. The lowest BCUT2D eigenvalue weighted by atomic mass is 9.93. The van der Waals surface area contributed by atoms with Crippen molar-refractivity contribution in [3.63, 3.8) is 0 Å². The van der Waals surface area contributed by atoms with Crippen LogP contribution < -0.4 is 0 Å². The fourth-order valence-electron chi connectivity index (χ4n) is 1.93. The molecule has 1 rings (SSSR count). The van der Waals surface area contributed by atoms with E-state index in [1.807, 2.05) is 0 Å². The van der Waals surface area contributed by atoms with Crippen LogP contribution in [0.4, 0.5) is 0 Å². The van der Waals surface area contributed by atoms with E-state index in [2.05, 4.69) is 46.4 Å². The van der Waals surface area contributed by atoms with Gasteiger partial charge in [0.15, 0.2) is 0 Å². The highest BCUT2D eigenvalue weighted by molar-refractivity contribution is 5.65. The Balaban J connectivity index is 3.30. The fraction of sp³-hybridized carbons (Fsp3) is 0.429. The van der Waals surface area contributed by atoms with Gasteiger partial charge in [-0.1, -0.05) is 38.1 Å². The number of rotatable bonds is 3. The minimum absolute atomic E-state index is 1.11. The SMILES string of the molecule is C=C(C)c1cc(CC)c(CC)cc1C. The van der Waals surface area contributed by atoms with E-state index in [1.54, 1.807) is 0 Å². The van der Waals surface area contributed by atoms with Gasteiger partial charge in [0.05, 0.1) is 0 Å². The maximum atomic E-state index is 4.02. The highest BCUT2D eigenvalue weighted by atomic mass is 14.1. The monoisotopic (exact) mass is 188 g/mol. The molecule has 0 N–H and O–H groups in total. The molecule has 0 bridgehead atoms. The summed E-state index contributed by atoms with van der Waals surface area (Å²) in [7, 11) is 0. The minimum atomic E-state index is 1.11. The molecule has 0 aliphatic heterocycles. The second kappa shape index (κ2) is 4.45. The molecule has 1 aromatic carbocycles. The van der Waals surface area contributed by atoms with Crippen molar-refractivity contribution in [2.75, 3.05) is 0 Å². The van der Waals surface area contributed by atoms with Gasteiger partial charge in [0.25, 0.3) is 0 Å². The van der Waals surface area contributed by atoms with Gasteiger partial charge in [0, 0.05) is 0 Å². The summed E-state index contributed by atoms with van der Waals surface area (Å²) < 4.78 is 0. The Morgan fingerprint density at radius 2 is 1.64 bits per heavy atom. The van der Waals surface area contributed by atoms with Crippen LogP contribution in [0.3, 0.4) is 0 Å². The van der Waals surface area contributed by atoms with Gasteiger partial charge in [-0.2, -0.15) is 0 Å². The average Bonchev–Trinajstić information content (AvgIpc) is 2.16. The van der Waals surface area contributed by atoms with Crippen molar-refractivity contribution in [2.45, 2.75) is 40.5 Å². The summed E-state index contributed by atoms with van der Waals surface area (Å²) in [5, 5.41) is 0. The third-order valence-electron chi connectivity index (χ3n) is 2.77. The highest BCUT2D eigenvalue weighted by Gasteiger charge is 2.05. The lowest BCUT2D eigenvalue weighted by Crippen LogP contribution is -1.96. The number of aryl methyl sites for hydroxylation is 3. The zero-order valence-electron chi connectivity index (χ0n) is 9.78. The predicted octanol–water partition coefficient (Wildman–Crippen LogP) is 4.15. The Morgan fingerprint density at radius 1 is 1.14 bits per heavy atom. The van der Waals surface area contributed by atoms with E-state index in [4.69, 9.17) is 0 Å². The molecular formula is C14H20. The van der Waals surface area contributed by atoms with Gasteiger partial charge in [-0.15, -0.1) is 0 Å². The van der Waals surface area contributed by atoms with Crippen molar-refractivity contribution < 1.29 is 0 Å². The Hall–Kier alpha value is -1.04. The standard InChI is InChI=1S/C14H20/c1-6-12-8-11(5)14(10(3)4)9-13(12)7-2/h8-9H,3,6-7H2,1-2,4-5H3. The third kappa shape index (κ3) is 2.06. The van der Waals surface area contributed by atoms with Crippen LogP contribution in [-0.2, 0) is 12.8 Å². The van der Waals surface area contributed by atoms with Crippen LogP contribution in [0.5, 0.6) is 0 Å². The molecule has 0 heteroatoms. The lowest BCUT2D eigenvalue weighted by Gasteiger charge is -2.12. The van der Waals surface area contributed by atoms with Crippen LogP contribution in [0.2, 0.25) is 0 Å². The van der Waals surface area contributed by atoms with E-state index >= 15 is 0 Å². The smallest absolute Gasteiger partial charge is 0.0201 e. The first-order valence-electron chi connectivity index (χ1n) is 5.38. The molecule has 0 radical (unpaired) electrons. The normalized spacial score (nSPS) is 10.3. The quantitative estimate of drug-likeness (QED) is 0.668. The van der Waals surface area contributed by atoms with Crippen molar-refractivity contribution in [1.29, 1.82) is 0 Å². The van der Waals surface area contributed by atoms with E-state index < -0.39 is 0 Å². The molecule has 0 heterocycles. The Bertz CT molecular complexity index is 345. The van der Waals surface area contributed by atoms with Gasteiger partial charge in [-0.25, -0.2) is 0 Å². The molecule has 0 saturated carbocycles. The Morgan fingerprint density at radius 3 is 2.07 bits per heavy atom. The second-order valence-corrected chi connectivity index (χ2v) is 3.92. The van der Waals surface area contributed by atoms with Crippen LogP contribution in [0.1, 0.15) is 43.0 Å². The van der Waals surface area contributed by atoms with E-state index in [-0.39, 0.29) is 0 Å². The number of allylic oxidation sites excluding steroid dienone is 1. The summed E-state index contributed by atoms with van der Waals surface area (Å²) in [5.41, 5.74) is 6.79. The van der Waals surface area contributed by atoms with Gasteiger partial charge in [0.1, 0.15) is 0 Å². The molecular weight excluding hydrogens is 168 g/mol. The minimum Gasteiger partial charge on any atom is -0.0955 e. The first-order valence-corrected chi connectivity index (χ1v) is 5.38. The number of hydrogen-bond donors (Lipinski definition) is 0. The van der Waals surface area contributed by atoms with Gasteiger partial charge in [-0.05, 0) is 48.9 Å². The van der Waals surface area contributed by atoms with E-state index in [9.17, 15) is 0 Å². The summed E-state index contributed by atoms with van der Waals surface area (Å²) in [6, 6.07) is 4.61. The van der Waals surface area contributed by atoms with Gasteiger partial charge < -0.3 is 0 Å². The molecule has 14 heavy (non-hydrogen) atoms. The van der Waals surface area contributed by atoms with Crippen LogP contribution in [0.15, 0.2) is 18.7 Å². The van der Waals surface area contributed by atoms with E-state index in [1.165, 1.54) is 27.8 Å². The molecule has 0 fully saturated rings. The van der Waals surface area contributed by atoms with Crippen molar-refractivity contribution >= 4 is 5.57 Å². The average molecular weight is 188 g/mol. The largest absolute Gasteiger partial charge is 0.0955 e. The second-order valence-electron chi connectivity index (χ2n) is 3.92. The zero-order chi connectivity index (χ0) is 10.7. The van der Waals surface area contributed by atoms with Crippen molar-refractivity contribution in [1.82, 2.24) is 0 Å². The molecule has 0 saturated heterocycles. The highest BCUT2D eigenvalue weighted by Crippen LogP contribution is 2.22. The van der Waals surface area contributed by atoms with Gasteiger partial charge in [0.2, 0.25) is 0 Å². The molecule has 1 aromatic rings. The molecule has 0 atom stereocenters. The van der Waals surface area contributed by atoms with Gasteiger partial charge in [-0.3, -0.25) is 0 Å². The Kier molecular flexibility index (Phi) is 3.51. The topological polar surface area (TPSA) is 0 Å². The van der Waals surface area contributed by atoms with Crippen LogP contribution >= 0.6 is 0 Å². The van der Waals surface area contributed by atoms with Crippen molar-refractivity contribution in [3.05, 3.63) is 41.0 Å². The summed E-state index contributed by atoms with van der Waals surface area (Å²) >= 11 is 0. The maximum absolute atomic E-state index is 4.02. The summed E-state index contributed by atoms with van der Waals surface area (Å²) in [5.74, 6) is 0. The number of hydrogen-bond acceptors (Lipinski definition) is 0.